The van der Waals surface area contributed by atoms with Gasteiger partial charge in [-0.05, 0) is 85.4 Å². The maximum atomic E-state index is 15.3. The molecule has 0 saturated carbocycles. The van der Waals surface area contributed by atoms with Gasteiger partial charge in [0.2, 0.25) is 59.1 Å². The average Bonchev–Trinajstić information content (AvgIpc) is 1.73. The van der Waals surface area contributed by atoms with E-state index in [4.69, 9.17) is 27.1 Å². The fourth-order valence-corrected chi connectivity index (χ4v) is 16.3. The molecule has 4 aliphatic rings. The minimum atomic E-state index is -1.76. The zero-order valence-corrected chi connectivity index (χ0v) is 67.5. The van der Waals surface area contributed by atoms with E-state index in [0.29, 0.717) is 22.0 Å². The number of carboxylic acids is 4. The molecule has 2 bridgehead atoms. The van der Waals surface area contributed by atoms with Crippen molar-refractivity contribution in [2.45, 2.75) is 157 Å². The molecule has 8 rings (SSSR count). The summed E-state index contributed by atoms with van der Waals surface area (Å²) in [5, 5.41) is 63.0. The maximum Gasteiger partial charge on any atom is 0.317 e. The first-order valence-electron chi connectivity index (χ1n) is 38.6. The lowest BCUT2D eigenvalue weighted by Gasteiger charge is -2.38. The number of aliphatic carboxylic acids is 4. The van der Waals surface area contributed by atoms with Crippen LogP contribution in [0.15, 0.2) is 72.9 Å². The Bertz CT molecular complexity index is 4050. The summed E-state index contributed by atoms with van der Waals surface area (Å²) in [5.41, 5.74) is 7.39. The number of aromatic amines is 1. The molecule has 2 aromatic carbocycles. The van der Waals surface area contributed by atoms with E-state index in [1.54, 1.807) is 106 Å². The number of carboxylic acid groups (broad SMARTS) is 4. The number of H-pyrrole nitrogens is 1. The molecular formula is C77H107ClN16O19S2. The number of fused-ring (bicyclic) bond motifs is 3. The number of aromatic nitrogens is 2. The Morgan fingerprint density at radius 3 is 1.82 bits per heavy atom. The van der Waals surface area contributed by atoms with Gasteiger partial charge in [0, 0.05) is 155 Å². The van der Waals surface area contributed by atoms with Gasteiger partial charge in [-0.25, -0.2) is 0 Å². The summed E-state index contributed by atoms with van der Waals surface area (Å²) in [6.45, 7) is 6.40. The van der Waals surface area contributed by atoms with Crippen LogP contribution in [0.1, 0.15) is 102 Å². The van der Waals surface area contributed by atoms with Crippen LogP contribution in [-0.4, -0.2) is 302 Å². The van der Waals surface area contributed by atoms with Crippen LogP contribution in [0.3, 0.4) is 0 Å². The summed E-state index contributed by atoms with van der Waals surface area (Å²) in [6, 6.07) is 8.66. The van der Waals surface area contributed by atoms with E-state index in [1.165, 1.54) is 28.4 Å². The lowest BCUT2D eigenvalue weighted by atomic mass is 9.87. The van der Waals surface area contributed by atoms with Crippen LogP contribution >= 0.6 is 35.1 Å². The van der Waals surface area contributed by atoms with Gasteiger partial charge in [0.15, 0.2) is 0 Å². The largest absolute Gasteiger partial charge is 0.481 e. The second kappa shape index (κ2) is 44.6. The number of pyridine rings is 1. The number of carbonyl (C=O) groups is 14. The summed E-state index contributed by atoms with van der Waals surface area (Å²) in [4.78, 5) is 211. The molecule has 3 fully saturated rings. The van der Waals surface area contributed by atoms with E-state index >= 15 is 19.2 Å². The Morgan fingerprint density at radius 1 is 0.652 bits per heavy atom. The Kier molecular flexibility index (Phi) is 35.3. The van der Waals surface area contributed by atoms with Crippen LogP contribution < -0.4 is 48.3 Å². The third kappa shape index (κ3) is 29.3. The number of thioether (sulfide) groups is 2. The van der Waals surface area contributed by atoms with E-state index in [1.807, 2.05) is 13.8 Å². The molecule has 628 valence electrons. The molecule has 6 heterocycles. The molecule has 3 saturated heterocycles. The molecule has 8 atom stereocenters. The number of benzene rings is 2. The second-order valence-corrected chi connectivity index (χ2v) is 32.8. The van der Waals surface area contributed by atoms with Gasteiger partial charge in [0.1, 0.15) is 47.8 Å². The van der Waals surface area contributed by atoms with Crippen LogP contribution in [-0.2, 0) is 96.2 Å². The molecule has 1 spiro atoms. The highest BCUT2D eigenvalue weighted by Crippen LogP contribution is 2.28. The molecule has 0 aliphatic carbocycles. The molecule has 35 nitrogen and oxygen atoms in total. The van der Waals surface area contributed by atoms with Crippen molar-refractivity contribution in [1.82, 2.24) is 77.0 Å². The van der Waals surface area contributed by atoms with Crippen molar-refractivity contribution < 1.29 is 92.3 Å². The van der Waals surface area contributed by atoms with Gasteiger partial charge in [-0.1, -0.05) is 75.7 Å². The summed E-state index contributed by atoms with van der Waals surface area (Å²) in [5.74, 6) is -12.8. The number of amides is 10. The summed E-state index contributed by atoms with van der Waals surface area (Å²) in [6.07, 6.45) is 0.0803. The van der Waals surface area contributed by atoms with E-state index in [0.717, 1.165) is 16.5 Å². The van der Waals surface area contributed by atoms with Gasteiger partial charge in [0.05, 0.1) is 37.6 Å². The first kappa shape index (κ1) is 91.0. The summed E-state index contributed by atoms with van der Waals surface area (Å²) >= 11 is 8.85. The molecule has 15 N–H and O–H groups in total. The van der Waals surface area contributed by atoms with E-state index in [2.05, 4.69) is 47.5 Å². The van der Waals surface area contributed by atoms with Gasteiger partial charge in [-0.15, -0.1) is 0 Å². The molecule has 115 heavy (non-hydrogen) atoms. The number of carbonyl (C=O) groups excluding carboxylic acids is 10. The highest BCUT2D eigenvalue weighted by atomic mass is 35.5. The van der Waals surface area contributed by atoms with Crippen molar-refractivity contribution in [3.63, 3.8) is 0 Å². The first-order valence-corrected chi connectivity index (χ1v) is 41.2. The van der Waals surface area contributed by atoms with Crippen LogP contribution in [0, 0.1) is 11.8 Å². The highest BCUT2D eigenvalue weighted by Gasteiger charge is 2.46. The van der Waals surface area contributed by atoms with Crippen LogP contribution in [0.4, 0.5) is 0 Å². The van der Waals surface area contributed by atoms with Gasteiger partial charge in [0.25, 0.3) is 0 Å². The number of nitrogens with zero attached hydrogens (tertiary/aromatic N) is 6. The Labute approximate surface area is 679 Å². The van der Waals surface area contributed by atoms with Gasteiger partial charge in [-0.2, -0.15) is 23.5 Å². The van der Waals surface area contributed by atoms with Crippen molar-refractivity contribution in [2.75, 3.05) is 110 Å². The zero-order valence-electron chi connectivity index (χ0n) is 65.1. The summed E-state index contributed by atoms with van der Waals surface area (Å²) < 4.78 is 5.72. The van der Waals surface area contributed by atoms with Crippen LogP contribution in [0.5, 0.6) is 0 Å². The average molecular weight is 1660 g/mol. The molecule has 4 aliphatic heterocycles. The number of aryl methyl sites for hydroxylation is 1. The van der Waals surface area contributed by atoms with Crippen molar-refractivity contribution in [2.24, 2.45) is 17.6 Å². The molecule has 38 heteroatoms. The van der Waals surface area contributed by atoms with E-state index < -0.39 is 163 Å². The smallest absolute Gasteiger partial charge is 0.317 e. The predicted octanol–water partition coefficient (Wildman–Crippen LogP) is 0.149. The third-order valence-electron chi connectivity index (χ3n) is 20.2. The molecule has 0 unspecified atom stereocenters. The van der Waals surface area contributed by atoms with E-state index in [9.17, 15) is 68.4 Å². The quantitative estimate of drug-likeness (QED) is 0.0360. The Morgan fingerprint density at radius 2 is 1.24 bits per heavy atom. The minimum Gasteiger partial charge on any atom is -0.481 e. The molecule has 10 amide bonds. The second-order valence-electron chi connectivity index (χ2n) is 30.3. The minimum absolute atomic E-state index is 0.0170. The SMILES string of the molecule is CC(C)C[C@@H]1NC(=O)C2(CCOCC2)NC(=O)[C@@H](NC(=O)[C@@H](CC(C)C)NC(=O)[C@H](CCC(=O)O)NC(=O)[C@@H]2C[C@@H](NC(=O)CN3CCN(CC(=O)O)CCN(CC(=O)O)CCN(CC(=O)O)CC3)CN2C(=O)CCc2c[nH]c3ccc(Cl)cc23)CSCc2cccc(n2)CSC[C@@H](C(N)=O)NC(=O)[C@H](Cc2ccccc2)NC1=O. The van der Waals surface area contributed by atoms with Gasteiger partial charge >= 0.3 is 23.9 Å². The number of nitrogens with one attached hydrogen (secondary N) is 9. The molecule has 0 radical (unpaired) electrons. The lowest BCUT2D eigenvalue weighted by molar-refractivity contribution is -0.141. The number of hydrogen-bond acceptors (Lipinski definition) is 22. The van der Waals surface area contributed by atoms with Crippen LogP contribution in [0.25, 0.3) is 10.9 Å². The van der Waals surface area contributed by atoms with E-state index in [-0.39, 0.29) is 171 Å². The normalized spacial score (nSPS) is 21.8. The molecular weight excluding hydrogens is 1550 g/mol. The number of rotatable bonds is 28. The zero-order chi connectivity index (χ0) is 83.5. The Balaban J connectivity index is 1.05. The molecule has 4 aromatic rings. The number of ether oxygens (including phenoxy) is 1. The topological polar surface area (TPSA) is 496 Å². The number of nitrogens with two attached hydrogens (primary N) is 1. The third-order valence-corrected chi connectivity index (χ3v) is 22.6. The monoisotopic (exact) mass is 1660 g/mol. The predicted molar refractivity (Wildman–Crippen MR) is 427 cm³/mol. The Hall–Kier alpha value is -9.50. The van der Waals surface area contributed by atoms with Crippen LogP contribution in [0.2, 0.25) is 5.02 Å². The number of hydrogen-bond donors (Lipinski definition) is 14. The van der Waals surface area contributed by atoms with Crippen molar-refractivity contribution in [1.29, 1.82) is 0 Å². The van der Waals surface area contributed by atoms with Crippen molar-refractivity contribution >= 4 is 129 Å². The lowest BCUT2D eigenvalue weighted by Crippen LogP contribution is -2.67. The summed E-state index contributed by atoms with van der Waals surface area (Å²) in [7, 11) is 0. The van der Waals surface area contributed by atoms with Gasteiger partial charge < -0.3 is 83.3 Å². The molecule has 2 aromatic heterocycles. The van der Waals surface area contributed by atoms with Gasteiger partial charge in [-0.3, -0.25) is 91.7 Å². The fourth-order valence-electron chi connectivity index (χ4n) is 14.2. The number of likely N-dealkylation sites (tertiary alicyclic amines) is 1. The highest BCUT2D eigenvalue weighted by molar-refractivity contribution is 7.98. The van der Waals surface area contributed by atoms with Crippen molar-refractivity contribution in [3.05, 3.63) is 100 Å². The maximum absolute atomic E-state index is 15.3. The first-order chi connectivity index (χ1) is 54.8. The fraction of sp³-hybridized carbons (Fsp3) is 0.571. The van der Waals surface area contributed by atoms with Crippen molar-refractivity contribution in [3.8, 4) is 0 Å². The number of halogens is 1. The standard InChI is InChI=1S/C77H107ClN16O19S2/c1-46(2)31-57(71(107)87-61-45-115-43-52-12-8-11-51(81-52)42-114-44-60(69(79)105)86-73(109)59(33-48-9-6-5-7-10-48)85-72(108)58(32-47(3)4)88-76(112)77(89-74(61)110)19-29-113-30-20-77)84-70(106)56(16-18-65(97)98)83-75(111)62-35-53(37-94(62)64(96)17-13-49-36-80-55-15-14-50(78)34-54(49)55)82-63(95)38-90-21-23-91(39-66(99)100)25-27-93(41-68(103)104)28-26-92(24-22-90)40-67(101)102/h5-12,14-15,34,36,46-47,53,56-62,80H,13,16-33,35,37-45H2,1-4H3,(H2,79,105)(H,82,95)(H,83,111)(H,84,106)(H,85,108)(H,86,109)(H,87,107)(H,88,112)(H,89,110)(H,97,98)(H,99,100)(H,101,102)(H,103,104)/t53-,56+,57-,58+,59+,60+,61+,62+/m1/s1. The number of primary amides is 1.